The van der Waals surface area contributed by atoms with Gasteiger partial charge >= 0.3 is 5.91 Å². The van der Waals surface area contributed by atoms with E-state index in [-0.39, 0.29) is 11.7 Å². The van der Waals surface area contributed by atoms with E-state index >= 15 is 0 Å². The minimum atomic E-state index is -0.483. The quantitative estimate of drug-likeness (QED) is 0.523. The molecule has 1 N–H and O–H groups in total. The Kier molecular flexibility index (Phi) is 7.22. The molecular weight excluding hydrogens is 426 g/mol. The van der Waals surface area contributed by atoms with Crippen molar-refractivity contribution in [3.05, 3.63) is 64.4 Å². The van der Waals surface area contributed by atoms with Crippen molar-refractivity contribution in [1.82, 2.24) is 10.2 Å². The lowest BCUT2D eigenvalue weighted by molar-refractivity contribution is -0.119. The summed E-state index contributed by atoms with van der Waals surface area (Å²) in [6.07, 6.45) is 11.0. The second-order valence-corrected chi connectivity index (χ2v) is 8.83. The normalized spacial score (nSPS) is 24.4. The number of hydrogen-bond acceptors (Lipinski definition) is 4. The zero-order valence-corrected chi connectivity index (χ0v) is 19.0. The summed E-state index contributed by atoms with van der Waals surface area (Å²) < 4.78 is 5.82. The fourth-order valence-electron chi connectivity index (χ4n) is 4.16. The molecule has 2 heterocycles. The third-order valence-corrected chi connectivity index (χ3v) is 6.27. The van der Waals surface area contributed by atoms with E-state index in [1.54, 1.807) is 48.6 Å². The van der Waals surface area contributed by atoms with E-state index in [1.165, 1.54) is 19.3 Å². The second kappa shape index (κ2) is 10.3. The first-order valence-corrected chi connectivity index (χ1v) is 11.6. The van der Waals surface area contributed by atoms with E-state index < -0.39 is 12.0 Å². The van der Waals surface area contributed by atoms with Crippen LogP contribution in [0.1, 0.15) is 38.2 Å². The van der Waals surface area contributed by atoms with Crippen LogP contribution in [-0.4, -0.2) is 54.2 Å². The van der Waals surface area contributed by atoms with Gasteiger partial charge in [-0.1, -0.05) is 30.2 Å². The van der Waals surface area contributed by atoms with Gasteiger partial charge in [-0.05, 0) is 74.7 Å². The summed E-state index contributed by atoms with van der Waals surface area (Å²) in [5.41, 5.74) is 1.72. The lowest BCUT2D eigenvalue weighted by atomic mass is 10.0. The minimum absolute atomic E-state index is 0.163. The van der Waals surface area contributed by atoms with Gasteiger partial charge in [-0.15, -0.1) is 0 Å². The molecule has 1 aromatic carbocycles. The van der Waals surface area contributed by atoms with Crippen LogP contribution in [0.3, 0.4) is 0 Å². The van der Waals surface area contributed by atoms with Gasteiger partial charge in [0, 0.05) is 29.7 Å². The fourth-order valence-corrected chi connectivity index (χ4v) is 4.28. The Hall–Kier alpha value is -2.70. The molecule has 7 heteroatoms. The Morgan fingerprint density at radius 2 is 2.12 bits per heavy atom. The molecule has 0 spiro atoms. The molecule has 0 radical (unpaired) electrons. The van der Waals surface area contributed by atoms with Gasteiger partial charge in [0.05, 0.1) is 5.71 Å². The molecule has 0 aromatic heterocycles. The van der Waals surface area contributed by atoms with Crippen molar-refractivity contribution in [3.8, 4) is 0 Å². The molecule has 2 atom stereocenters. The van der Waals surface area contributed by atoms with Crippen LogP contribution in [0.5, 0.6) is 0 Å². The topological polar surface area (TPSA) is 71.0 Å². The smallest absolute Gasteiger partial charge is 0.312 e. The molecule has 1 saturated heterocycles. The van der Waals surface area contributed by atoms with Crippen molar-refractivity contribution in [2.75, 3.05) is 19.6 Å². The van der Waals surface area contributed by atoms with E-state index in [0.29, 0.717) is 28.9 Å². The molecular formula is C25H28ClN3O3. The van der Waals surface area contributed by atoms with E-state index in [0.717, 1.165) is 25.1 Å². The third-order valence-electron chi connectivity index (χ3n) is 6.02. The average Bonchev–Trinajstić information content (AvgIpc) is 2.79. The van der Waals surface area contributed by atoms with Crippen LogP contribution in [0, 0.1) is 0 Å². The lowest BCUT2D eigenvalue weighted by Gasteiger charge is -2.33. The number of carbonyl (C=O) groups excluding carboxylic acids is 2. The highest BCUT2D eigenvalue weighted by molar-refractivity contribution is 6.30. The van der Waals surface area contributed by atoms with E-state index in [9.17, 15) is 9.59 Å². The Balaban J connectivity index is 1.33. The van der Waals surface area contributed by atoms with Crippen molar-refractivity contribution in [1.29, 1.82) is 0 Å². The summed E-state index contributed by atoms with van der Waals surface area (Å²) in [7, 11) is 0. The molecule has 0 bridgehead atoms. The maximum atomic E-state index is 12.6. The number of aliphatic imine (C=N–C) groups is 1. The van der Waals surface area contributed by atoms with Crippen LogP contribution < -0.4 is 5.32 Å². The van der Waals surface area contributed by atoms with Crippen molar-refractivity contribution in [3.63, 3.8) is 0 Å². The molecule has 1 fully saturated rings. The lowest BCUT2D eigenvalue weighted by Crippen LogP contribution is -2.39. The summed E-state index contributed by atoms with van der Waals surface area (Å²) in [5.74, 6) is -0.462. The molecule has 32 heavy (non-hydrogen) atoms. The molecule has 0 saturated carbocycles. The van der Waals surface area contributed by atoms with Gasteiger partial charge in [0.25, 0.3) is 5.91 Å². The largest absolute Gasteiger partial charge is 0.474 e. The highest BCUT2D eigenvalue weighted by Gasteiger charge is 2.29. The summed E-state index contributed by atoms with van der Waals surface area (Å²) in [6, 6.07) is 7.72. The molecule has 168 valence electrons. The maximum Gasteiger partial charge on any atom is 0.312 e. The minimum Gasteiger partial charge on any atom is -0.474 e. The second-order valence-electron chi connectivity index (χ2n) is 8.39. The fraction of sp³-hybridized carbons (Fsp3) is 0.400. The number of rotatable bonds is 6. The van der Waals surface area contributed by atoms with Gasteiger partial charge in [-0.3, -0.25) is 9.59 Å². The standard InChI is InChI=1S/C25H28ClN3O3/c1-17-5-2-3-13-29(17)14-4-12-27-24(30)19-8-11-22-21(16-19)28-25(31)23(32-22)15-18-6-9-20(26)10-7-18/h6-11,15-17,22H,2-5,12-14H2,1H3,(H,27,30)/b23-15+. The summed E-state index contributed by atoms with van der Waals surface area (Å²) in [6.45, 7) is 5.03. The number of carbonyl (C=O) groups is 2. The predicted octanol–water partition coefficient (Wildman–Crippen LogP) is 3.92. The van der Waals surface area contributed by atoms with Gasteiger partial charge in [0.2, 0.25) is 0 Å². The van der Waals surface area contributed by atoms with Crippen LogP contribution in [0.15, 0.2) is 58.8 Å². The van der Waals surface area contributed by atoms with Gasteiger partial charge in [-0.25, -0.2) is 4.99 Å². The molecule has 2 unspecified atom stereocenters. The van der Waals surface area contributed by atoms with Crippen LogP contribution >= 0.6 is 11.6 Å². The first kappa shape index (κ1) is 22.5. The summed E-state index contributed by atoms with van der Waals surface area (Å²) in [4.78, 5) is 31.6. The number of benzene rings is 1. The number of nitrogens with zero attached hydrogens (tertiary/aromatic N) is 2. The van der Waals surface area contributed by atoms with Gasteiger partial charge in [0.15, 0.2) is 11.9 Å². The molecule has 2 amide bonds. The first-order chi connectivity index (χ1) is 15.5. The Morgan fingerprint density at radius 1 is 1.31 bits per heavy atom. The number of halogens is 1. The Bertz CT molecular complexity index is 994. The SMILES string of the molecule is CC1CCCCN1CCCNC(=O)C1=CC2=NC(=O)/C(=C\c3ccc(Cl)cc3)OC2C=C1. The predicted molar refractivity (Wildman–Crippen MR) is 126 cm³/mol. The number of piperidine rings is 1. The number of nitrogens with one attached hydrogen (secondary N) is 1. The van der Waals surface area contributed by atoms with Crippen LogP contribution in [0.25, 0.3) is 6.08 Å². The molecule has 3 aliphatic rings. The van der Waals surface area contributed by atoms with Crippen molar-refractivity contribution >= 4 is 35.2 Å². The molecule has 1 aliphatic carbocycles. The first-order valence-electron chi connectivity index (χ1n) is 11.2. The van der Waals surface area contributed by atoms with Gasteiger partial charge in [-0.2, -0.15) is 0 Å². The average molecular weight is 454 g/mol. The maximum absolute atomic E-state index is 12.6. The third kappa shape index (κ3) is 5.56. The van der Waals surface area contributed by atoms with Crippen molar-refractivity contribution < 1.29 is 14.3 Å². The van der Waals surface area contributed by atoms with Gasteiger partial charge < -0.3 is 15.0 Å². The summed E-state index contributed by atoms with van der Waals surface area (Å²) >= 11 is 5.90. The Morgan fingerprint density at radius 3 is 2.91 bits per heavy atom. The molecule has 4 rings (SSSR count). The number of fused-ring (bicyclic) bond motifs is 1. The van der Waals surface area contributed by atoms with E-state index in [2.05, 4.69) is 22.1 Å². The number of ether oxygens (including phenoxy) is 1. The molecule has 1 aromatic rings. The molecule has 2 aliphatic heterocycles. The number of amides is 2. The number of likely N-dealkylation sites (tertiary alicyclic amines) is 1. The highest BCUT2D eigenvalue weighted by atomic mass is 35.5. The van der Waals surface area contributed by atoms with E-state index in [1.807, 2.05) is 0 Å². The van der Waals surface area contributed by atoms with Gasteiger partial charge in [0.1, 0.15) is 0 Å². The molecule has 6 nitrogen and oxygen atoms in total. The number of hydrogen-bond donors (Lipinski definition) is 1. The van der Waals surface area contributed by atoms with E-state index in [4.69, 9.17) is 16.3 Å². The van der Waals surface area contributed by atoms with Crippen molar-refractivity contribution in [2.24, 2.45) is 4.99 Å². The summed E-state index contributed by atoms with van der Waals surface area (Å²) in [5, 5.41) is 3.59. The monoisotopic (exact) mass is 453 g/mol. The Labute approximate surface area is 193 Å². The zero-order chi connectivity index (χ0) is 22.5. The van der Waals surface area contributed by atoms with Crippen molar-refractivity contribution in [2.45, 2.75) is 44.8 Å². The van der Waals surface area contributed by atoms with Crippen LogP contribution in [0.4, 0.5) is 0 Å². The van der Waals surface area contributed by atoms with Crippen LogP contribution in [-0.2, 0) is 14.3 Å². The highest BCUT2D eigenvalue weighted by Crippen LogP contribution is 2.23. The zero-order valence-electron chi connectivity index (χ0n) is 18.2. The van der Waals surface area contributed by atoms with Crippen LogP contribution in [0.2, 0.25) is 5.02 Å².